The van der Waals surface area contributed by atoms with Crippen LogP contribution >= 0.6 is 0 Å². The molecule has 0 radical (unpaired) electrons. The van der Waals surface area contributed by atoms with Crippen molar-refractivity contribution in [3.05, 3.63) is 12.4 Å². The molecule has 0 spiro atoms. The molecular weight excluding hydrogens is 267 g/mol. The molecule has 1 aromatic rings. The lowest BCUT2D eigenvalue weighted by molar-refractivity contribution is 0.00578. The minimum atomic E-state index is -0.423. The summed E-state index contributed by atoms with van der Waals surface area (Å²) in [4.78, 5) is 10.9. The Kier molecular flexibility index (Phi) is 4.56. The third-order valence-electron chi connectivity index (χ3n) is 4.25. The smallest absolute Gasteiger partial charge is 0.399 e. The fourth-order valence-corrected chi connectivity index (χ4v) is 2.15. The average molecular weight is 292 g/mol. The maximum absolute atomic E-state index is 5.99. The van der Waals surface area contributed by atoms with Gasteiger partial charge in [0.2, 0.25) is 5.95 Å². The lowest BCUT2D eigenvalue weighted by atomic mass is 9.81. The monoisotopic (exact) mass is 292 g/mol. The van der Waals surface area contributed by atoms with E-state index in [4.69, 9.17) is 15.0 Å². The number of aromatic nitrogens is 2. The van der Waals surface area contributed by atoms with Gasteiger partial charge in [0.25, 0.3) is 0 Å². The Bertz CT molecular complexity index is 462. The van der Waals surface area contributed by atoms with Gasteiger partial charge in [0.15, 0.2) is 0 Å². The molecule has 21 heavy (non-hydrogen) atoms. The van der Waals surface area contributed by atoms with Gasteiger partial charge in [-0.2, -0.15) is 0 Å². The van der Waals surface area contributed by atoms with E-state index in [2.05, 4.69) is 16.9 Å². The van der Waals surface area contributed by atoms with Crippen LogP contribution in [0.25, 0.3) is 0 Å². The molecule has 1 saturated heterocycles. The van der Waals surface area contributed by atoms with Crippen molar-refractivity contribution in [2.75, 3.05) is 24.5 Å². The molecule has 0 saturated carbocycles. The van der Waals surface area contributed by atoms with Gasteiger partial charge in [0, 0.05) is 37.5 Å². The van der Waals surface area contributed by atoms with Crippen molar-refractivity contribution in [1.29, 1.82) is 0 Å². The summed E-state index contributed by atoms with van der Waals surface area (Å²) in [5.74, 6) is 0.684. The maximum Gasteiger partial charge on any atom is 0.498 e. The van der Waals surface area contributed by atoms with Crippen molar-refractivity contribution in [1.82, 2.24) is 9.97 Å². The molecule has 0 aromatic carbocycles. The summed E-state index contributed by atoms with van der Waals surface area (Å²) in [6.07, 6.45) is 3.54. The summed E-state index contributed by atoms with van der Waals surface area (Å²) in [5, 5.41) is 0. The fraction of sp³-hybridized carbons (Fsp3) is 0.714. The van der Waals surface area contributed by atoms with E-state index in [0.717, 1.165) is 18.6 Å². The van der Waals surface area contributed by atoms with Crippen molar-refractivity contribution in [3.8, 4) is 0 Å². The first-order chi connectivity index (χ1) is 9.80. The topological polar surface area (TPSA) is 73.5 Å². The van der Waals surface area contributed by atoms with E-state index < -0.39 is 7.12 Å². The highest BCUT2D eigenvalue weighted by atomic mass is 16.7. The van der Waals surface area contributed by atoms with Crippen molar-refractivity contribution in [2.45, 2.75) is 45.8 Å². The van der Waals surface area contributed by atoms with Gasteiger partial charge < -0.3 is 19.9 Å². The molecule has 0 unspecified atom stereocenters. The molecule has 1 aliphatic heterocycles. The quantitative estimate of drug-likeness (QED) is 0.799. The number of hydrogen-bond donors (Lipinski definition) is 1. The van der Waals surface area contributed by atoms with Gasteiger partial charge in [-0.15, -0.1) is 0 Å². The van der Waals surface area contributed by atoms with Crippen LogP contribution in [0.2, 0.25) is 0 Å². The lowest BCUT2D eigenvalue weighted by Crippen LogP contribution is -2.41. The van der Waals surface area contributed by atoms with Crippen LogP contribution in [-0.2, 0) is 9.31 Å². The maximum atomic E-state index is 5.99. The van der Waals surface area contributed by atoms with E-state index in [0.29, 0.717) is 12.5 Å². The summed E-state index contributed by atoms with van der Waals surface area (Å²) in [5.41, 5.74) is 5.72. The third-order valence-corrected chi connectivity index (χ3v) is 4.25. The molecular formula is C14H25BN4O2. The Morgan fingerprint density at radius 1 is 1.14 bits per heavy atom. The van der Waals surface area contributed by atoms with Crippen LogP contribution in [-0.4, -0.2) is 47.9 Å². The molecule has 0 atom stereocenters. The summed E-state index contributed by atoms with van der Waals surface area (Å²) in [7, 11) is -0.423. The summed E-state index contributed by atoms with van der Waals surface area (Å²) in [6, 6.07) is 0. The Balaban J connectivity index is 2.13. The molecule has 1 aliphatic rings. The minimum absolute atomic E-state index is 0.356. The van der Waals surface area contributed by atoms with Gasteiger partial charge in [-0.3, -0.25) is 0 Å². The van der Waals surface area contributed by atoms with Gasteiger partial charge in [0.05, 0.1) is 11.2 Å². The highest BCUT2D eigenvalue weighted by molar-refractivity contribution is 6.61. The van der Waals surface area contributed by atoms with Crippen molar-refractivity contribution in [3.63, 3.8) is 0 Å². The van der Waals surface area contributed by atoms with E-state index >= 15 is 0 Å². The number of nitrogens with zero attached hydrogens (tertiary/aromatic N) is 3. The first kappa shape index (κ1) is 16.2. The van der Waals surface area contributed by atoms with E-state index in [1.807, 2.05) is 32.6 Å². The van der Waals surface area contributed by atoms with Gasteiger partial charge in [-0.05, 0) is 34.6 Å². The zero-order chi connectivity index (χ0) is 15.7. The SMILES string of the molecule is CCN(CCN)c1ncc(B2OC(C)(C)C(C)(C)O2)cn1. The van der Waals surface area contributed by atoms with Crippen LogP contribution in [0.1, 0.15) is 34.6 Å². The first-order valence-electron chi connectivity index (χ1n) is 7.43. The van der Waals surface area contributed by atoms with E-state index in [1.165, 1.54) is 0 Å². The van der Waals surface area contributed by atoms with Crippen LogP contribution < -0.4 is 16.1 Å². The Labute approximate surface area is 127 Å². The second kappa shape index (κ2) is 5.91. The van der Waals surface area contributed by atoms with E-state index in [-0.39, 0.29) is 11.2 Å². The van der Waals surface area contributed by atoms with Crippen LogP contribution in [0.5, 0.6) is 0 Å². The molecule has 1 aromatic heterocycles. The molecule has 2 N–H and O–H groups in total. The average Bonchev–Trinajstić information content (AvgIpc) is 2.65. The summed E-state index contributed by atoms with van der Waals surface area (Å²) in [6.45, 7) is 12.3. The fourth-order valence-electron chi connectivity index (χ4n) is 2.15. The Morgan fingerprint density at radius 2 is 1.67 bits per heavy atom. The molecule has 116 valence electrons. The van der Waals surface area contributed by atoms with Crippen LogP contribution in [0, 0.1) is 0 Å². The second-order valence-corrected chi connectivity index (χ2v) is 6.27. The predicted octanol–water partition coefficient (Wildman–Crippen LogP) is 0.561. The standard InChI is InChI=1S/C14H25BN4O2/c1-6-19(8-7-16)12-17-9-11(10-18-12)15-20-13(2,3)14(4,5)21-15/h9-10H,6-8,16H2,1-5H3. The van der Waals surface area contributed by atoms with Crippen LogP contribution in [0.3, 0.4) is 0 Å². The zero-order valence-electron chi connectivity index (χ0n) is 13.6. The van der Waals surface area contributed by atoms with E-state index in [9.17, 15) is 0 Å². The summed E-state index contributed by atoms with van der Waals surface area (Å²) < 4.78 is 12.0. The minimum Gasteiger partial charge on any atom is -0.399 e. The second-order valence-electron chi connectivity index (χ2n) is 6.27. The number of anilines is 1. The molecule has 2 rings (SSSR count). The highest BCUT2D eigenvalue weighted by Crippen LogP contribution is 2.36. The number of hydrogen-bond acceptors (Lipinski definition) is 6. The number of rotatable bonds is 5. The first-order valence-corrected chi connectivity index (χ1v) is 7.43. The Morgan fingerprint density at radius 3 is 2.10 bits per heavy atom. The third kappa shape index (κ3) is 3.20. The molecule has 0 bridgehead atoms. The highest BCUT2D eigenvalue weighted by Gasteiger charge is 2.51. The molecule has 6 nitrogen and oxygen atoms in total. The number of likely N-dealkylation sites (N-methyl/N-ethyl adjacent to an activating group) is 1. The van der Waals surface area contributed by atoms with Crippen molar-refractivity contribution in [2.24, 2.45) is 5.73 Å². The van der Waals surface area contributed by atoms with Gasteiger partial charge in [-0.25, -0.2) is 9.97 Å². The molecule has 0 aliphatic carbocycles. The lowest BCUT2D eigenvalue weighted by Gasteiger charge is -2.32. The van der Waals surface area contributed by atoms with Gasteiger partial charge >= 0.3 is 7.12 Å². The predicted molar refractivity (Wildman–Crippen MR) is 84.7 cm³/mol. The van der Waals surface area contributed by atoms with Gasteiger partial charge in [0.1, 0.15) is 0 Å². The summed E-state index contributed by atoms with van der Waals surface area (Å²) >= 11 is 0. The van der Waals surface area contributed by atoms with Crippen molar-refractivity contribution >= 4 is 18.5 Å². The van der Waals surface area contributed by atoms with E-state index in [1.54, 1.807) is 12.4 Å². The van der Waals surface area contributed by atoms with Crippen molar-refractivity contribution < 1.29 is 9.31 Å². The normalized spacial score (nSPS) is 19.8. The van der Waals surface area contributed by atoms with Crippen LogP contribution in [0.4, 0.5) is 5.95 Å². The number of nitrogens with two attached hydrogens (primary N) is 1. The molecule has 1 fully saturated rings. The molecule has 0 amide bonds. The van der Waals surface area contributed by atoms with Gasteiger partial charge in [-0.1, -0.05) is 0 Å². The largest absolute Gasteiger partial charge is 0.498 e. The zero-order valence-corrected chi connectivity index (χ0v) is 13.6. The molecule has 2 heterocycles. The van der Waals surface area contributed by atoms with Crippen LogP contribution in [0.15, 0.2) is 12.4 Å². The molecule has 7 heteroatoms. The Hall–Kier alpha value is -1.18.